The van der Waals surface area contributed by atoms with Crippen molar-refractivity contribution < 1.29 is 12.8 Å². The molecule has 2 rings (SSSR count). The first-order chi connectivity index (χ1) is 8.21. The summed E-state index contributed by atoms with van der Waals surface area (Å²) < 4.78 is 28.9. The van der Waals surface area contributed by atoms with Crippen LogP contribution in [0.2, 0.25) is 0 Å². The fourth-order valence-corrected chi connectivity index (χ4v) is 2.83. The maximum atomic E-state index is 11.6. The number of rotatable bonds is 2. The van der Waals surface area contributed by atoms with Crippen LogP contribution in [0.1, 0.15) is 29.1 Å². The predicted molar refractivity (Wildman–Crippen MR) is 78.3 cm³/mol. The fraction of sp³-hybridized carbons (Fsp3) is 0.385. The summed E-state index contributed by atoms with van der Waals surface area (Å²) in [7, 11) is -0.449. The second-order valence-corrected chi connectivity index (χ2v) is 7.73. The van der Waals surface area contributed by atoms with Crippen LogP contribution < -0.4 is 5.30 Å². The minimum Gasteiger partial charge on any atom is -0.459 e. The normalized spacial score (nSPS) is 14.1. The van der Waals surface area contributed by atoms with Crippen molar-refractivity contribution in [3.05, 3.63) is 29.0 Å². The Morgan fingerprint density at radius 1 is 1.22 bits per heavy atom. The maximum absolute atomic E-state index is 11.6. The molecule has 2 unspecified atom stereocenters. The lowest BCUT2D eigenvalue weighted by atomic mass is 10.1. The van der Waals surface area contributed by atoms with Crippen LogP contribution in [0.4, 0.5) is 0 Å². The highest BCUT2D eigenvalue weighted by Crippen LogP contribution is 2.30. The third kappa shape index (κ3) is 2.19. The molecule has 1 aromatic heterocycles. The first-order valence-corrected chi connectivity index (χ1v) is 8.23. The lowest BCUT2D eigenvalue weighted by Crippen LogP contribution is -2.06. The first-order valence-electron chi connectivity index (χ1n) is 5.69. The van der Waals surface area contributed by atoms with Crippen LogP contribution in [-0.4, -0.2) is 14.7 Å². The molecular weight excluding hydrogens is 267 g/mol. The molecule has 18 heavy (non-hydrogen) atoms. The average Bonchev–Trinajstić information content (AvgIpc) is 2.69. The summed E-state index contributed by atoms with van der Waals surface area (Å²) in [4.78, 5) is 0. The van der Waals surface area contributed by atoms with Gasteiger partial charge in [-0.05, 0) is 43.3 Å². The molecule has 1 heterocycles. The van der Waals surface area contributed by atoms with E-state index in [2.05, 4.69) is 9.24 Å². The highest BCUT2D eigenvalue weighted by molar-refractivity contribution is 7.90. The molecule has 0 fully saturated rings. The molecule has 0 spiro atoms. The van der Waals surface area contributed by atoms with Crippen molar-refractivity contribution in [2.45, 2.75) is 26.0 Å². The van der Waals surface area contributed by atoms with Gasteiger partial charge < -0.3 is 4.42 Å². The number of sulfone groups is 1. The molecule has 0 bridgehead atoms. The number of fused-ring (bicyclic) bond motifs is 1. The summed E-state index contributed by atoms with van der Waals surface area (Å²) in [6.45, 7) is 5.65. The molecule has 3 nitrogen and oxygen atoms in total. The van der Waals surface area contributed by atoms with E-state index in [4.69, 9.17) is 4.42 Å². The molecule has 0 saturated heterocycles. The van der Waals surface area contributed by atoms with Crippen LogP contribution in [-0.2, 0) is 9.84 Å². The van der Waals surface area contributed by atoms with E-state index in [9.17, 15) is 8.42 Å². The Morgan fingerprint density at radius 3 is 2.39 bits per heavy atom. The molecule has 0 aliphatic heterocycles. The molecule has 0 aliphatic rings. The first kappa shape index (κ1) is 13.6. The molecule has 0 amide bonds. The van der Waals surface area contributed by atoms with Gasteiger partial charge in [-0.2, -0.15) is 0 Å². The van der Waals surface area contributed by atoms with Crippen molar-refractivity contribution in [2.24, 2.45) is 0 Å². The van der Waals surface area contributed by atoms with Gasteiger partial charge in [0.05, 0.1) is 0 Å². The molecule has 0 N–H and O–H groups in total. The summed E-state index contributed by atoms with van der Waals surface area (Å²) in [5.41, 5.74) is 2.96. The summed E-state index contributed by atoms with van der Waals surface area (Å²) in [5, 5.41) is 1.42. The van der Waals surface area contributed by atoms with E-state index in [0.29, 0.717) is 5.76 Å². The lowest BCUT2D eigenvalue weighted by molar-refractivity contribution is 0.530. The number of hydrogen-bond acceptors (Lipinski definition) is 3. The Labute approximate surface area is 110 Å². The second-order valence-electron chi connectivity index (χ2n) is 4.79. The van der Waals surface area contributed by atoms with Crippen molar-refractivity contribution in [1.82, 2.24) is 0 Å². The zero-order valence-corrected chi connectivity index (χ0v) is 12.9. The van der Waals surface area contributed by atoms with Gasteiger partial charge in [0.25, 0.3) is 0 Å². The smallest absolute Gasteiger partial charge is 0.157 e. The zero-order chi connectivity index (χ0) is 13.7. The Bertz CT molecular complexity index is 713. The lowest BCUT2D eigenvalue weighted by Gasteiger charge is -2.04. The highest BCUT2D eigenvalue weighted by Gasteiger charge is 2.22. The minimum atomic E-state index is -3.14. The molecule has 2 aromatic rings. The minimum absolute atomic E-state index is 0.505. The van der Waals surface area contributed by atoms with Crippen LogP contribution in [0.5, 0.6) is 0 Å². The summed E-state index contributed by atoms with van der Waals surface area (Å²) in [6.07, 6.45) is 1.23. The topological polar surface area (TPSA) is 47.3 Å². The van der Waals surface area contributed by atoms with E-state index < -0.39 is 15.1 Å². The van der Waals surface area contributed by atoms with Gasteiger partial charge in [-0.1, -0.05) is 6.07 Å². The summed E-state index contributed by atoms with van der Waals surface area (Å²) in [5.74, 6) is 0.505. The van der Waals surface area contributed by atoms with E-state index in [1.54, 1.807) is 6.92 Å². The highest BCUT2D eigenvalue weighted by atomic mass is 32.2. The average molecular weight is 284 g/mol. The number of hydrogen-bond donors (Lipinski definition) is 0. The van der Waals surface area contributed by atoms with Gasteiger partial charge >= 0.3 is 0 Å². The fourth-order valence-electron chi connectivity index (χ4n) is 1.99. The molecule has 5 heteroatoms. The van der Waals surface area contributed by atoms with Crippen LogP contribution in [0.15, 0.2) is 16.5 Å². The molecule has 0 saturated carbocycles. The molecule has 0 radical (unpaired) electrons. The predicted octanol–water partition coefficient (Wildman–Crippen LogP) is 2.66. The molecule has 1 aromatic carbocycles. The number of benzene rings is 1. The van der Waals surface area contributed by atoms with Gasteiger partial charge in [0.15, 0.2) is 9.84 Å². The summed E-state index contributed by atoms with van der Waals surface area (Å²) in [6, 6.07) is 3.88. The third-order valence-electron chi connectivity index (χ3n) is 3.30. The molecular formula is C13H17O3PS. The standard InChI is InChI=1S/C13H17O3PS/c1-7-5-8(2)13(17)10-6-11(16-12(7)10)9(3)18(4,14)15/h5-6,9H,17H2,1-4H3. The monoisotopic (exact) mass is 284 g/mol. The SMILES string of the molecule is Cc1cc(C)c2oc(C(C)S(C)(=O)=O)cc2c1P. The van der Waals surface area contributed by atoms with Gasteiger partial charge in [0.1, 0.15) is 16.6 Å². The van der Waals surface area contributed by atoms with E-state index in [1.165, 1.54) is 6.26 Å². The Morgan fingerprint density at radius 2 is 1.83 bits per heavy atom. The van der Waals surface area contributed by atoms with Crippen LogP contribution in [0.3, 0.4) is 0 Å². The summed E-state index contributed by atoms with van der Waals surface area (Å²) >= 11 is 0. The van der Waals surface area contributed by atoms with Crippen molar-refractivity contribution in [1.29, 1.82) is 0 Å². The van der Waals surface area contributed by atoms with Crippen molar-refractivity contribution >= 4 is 35.4 Å². The Kier molecular flexibility index (Phi) is 3.28. The molecule has 0 aliphatic carbocycles. The molecule has 98 valence electrons. The van der Waals surface area contributed by atoms with Crippen LogP contribution in [0.25, 0.3) is 11.0 Å². The van der Waals surface area contributed by atoms with E-state index in [1.807, 2.05) is 26.0 Å². The maximum Gasteiger partial charge on any atom is 0.157 e. The molecule has 2 atom stereocenters. The van der Waals surface area contributed by atoms with Gasteiger partial charge in [0.2, 0.25) is 0 Å². The third-order valence-corrected chi connectivity index (χ3v) is 5.58. The Hall–Kier alpha value is -0.860. The quantitative estimate of drug-likeness (QED) is 0.797. The zero-order valence-electron chi connectivity index (χ0n) is 10.9. The van der Waals surface area contributed by atoms with Crippen molar-refractivity contribution in [3.8, 4) is 0 Å². The largest absolute Gasteiger partial charge is 0.459 e. The van der Waals surface area contributed by atoms with E-state index >= 15 is 0 Å². The second kappa shape index (κ2) is 4.36. The number of furan rings is 1. The number of aryl methyl sites for hydroxylation is 2. The van der Waals surface area contributed by atoms with Crippen molar-refractivity contribution in [2.75, 3.05) is 6.26 Å². The van der Waals surface area contributed by atoms with Crippen LogP contribution >= 0.6 is 9.24 Å². The van der Waals surface area contributed by atoms with Gasteiger partial charge in [-0.25, -0.2) is 8.42 Å². The van der Waals surface area contributed by atoms with Crippen molar-refractivity contribution in [3.63, 3.8) is 0 Å². The van der Waals surface area contributed by atoms with Gasteiger partial charge in [-0.15, -0.1) is 9.24 Å². The van der Waals surface area contributed by atoms with E-state index in [-0.39, 0.29) is 0 Å². The van der Waals surface area contributed by atoms with Gasteiger partial charge in [0, 0.05) is 11.6 Å². The van der Waals surface area contributed by atoms with Crippen LogP contribution in [0, 0.1) is 13.8 Å². The van der Waals surface area contributed by atoms with E-state index in [0.717, 1.165) is 27.4 Å². The van der Waals surface area contributed by atoms with Gasteiger partial charge in [-0.3, -0.25) is 0 Å². The Balaban J connectivity index is 2.72.